The highest BCUT2D eigenvalue weighted by atomic mass is 16.5. The zero-order chi connectivity index (χ0) is 17.1. The third-order valence-electron chi connectivity index (χ3n) is 3.08. The lowest BCUT2D eigenvalue weighted by Gasteiger charge is -2.12. The number of nitrogens with one attached hydrogen (secondary N) is 1. The van der Waals surface area contributed by atoms with E-state index >= 15 is 0 Å². The van der Waals surface area contributed by atoms with Gasteiger partial charge in [-0.1, -0.05) is 19.4 Å². The van der Waals surface area contributed by atoms with Crippen LogP contribution in [0.5, 0.6) is 11.5 Å². The lowest BCUT2D eigenvalue weighted by Crippen LogP contribution is -2.26. The molecular weight excluding hydrogens is 298 g/mol. The van der Waals surface area contributed by atoms with Gasteiger partial charge in [0, 0.05) is 6.54 Å². The van der Waals surface area contributed by atoms with Crippen LogP contribution in [0, 0.1) is 0 Å². The molecule has 0 unspecified atom stereocenters. The number of rotatable bonds is 10. The number of amides is 1. The molecule has 0 saturated heterocycles. The summed E-state index contributed by atoms with van der Waals surface area (Å²) in [5, 5.41) is 2.68. The summed E-state index contributed by atoms with van der Waals surface area (Å²) in [6.45, 7) is 5.02. The lowest BCUT2D eigenvalue weighted by atomic mass is 10.2. The van der Waals surface area contributed by atoms with Crippen LogP contribution in [0.1, 0.15) is 38.7 Å². The monoisotopic (exact) mass is 323 g/mol. The number of benzene rings is 1. The quantitative estimate of drug-likeness (QED) is 0.407. The molecule has 0 heterocycles. The van der Waals surface area contributed by atoms with Crippen LogP contribution in [0.25, 0.3) is 0 Å². The van der Waals surface area contributed by atoms with E-state index in [1.165, 1.54) is 0 Å². The van der Waals surface area contributed by atoms with Crippen LogP contribution in [0.4, 0.5) is 0 Å². The number of ether oxygens (including phenoxy) is 3. The van der Waals surface area contributed by atoms with Crippen molar-refractivity contribution in [3.05, 3.63) is 23.8 Å². The molecule has 0 aromatic heterocycles. The topological polar surface area (TPSA) is 73.9 Å². The molecule has 6 heteroatoms. The smallest absolute Gasteiger partial charge is 0.315 e. The van der Waals surface area contributed by atoms with Crippen molar-refractivity contribution in [3.63, 3.8) is 0 Å². The fourth-order valence-corrected chi connectivity index (χ4v) is 1.87. The second-order valence-electron chi connectivity index (χ2n) is 4.95. The summed E-state index contributed by atoms with van der Waals surface area (Å²) in [6, 6.07) is 5.49. The summed E-state index contributed by atoms with van der Waals surface area (Å²) in [5.41, 5.74) is 0.863. The van der Waals surface area contributed by atoms with Gasteiger partial charge in [-0.2, -0.15) is 0 Å². The van der Waals surface area contributed by atoms with Crippen molar-refractivity contribution in [1.29, 1.82) is 0 Å². The Hall–Kier alpha value is -2.24. The molecule has 0 aliphatic rings. The Morgan fingerprint density at radius 3 is 2.61 bits per heavy atom. The summed E-state index contributed by atoms with van der Waals surface area (Å²) < 4.78 is 15.7. The first kappa shape index (κ1) is 18.8. The van der Waals surface area contributed by atoms with Crippen LogP contribution in [-0.4, -0.2) is 32.2 Å². The van der Waals surface area contributed by atoms with Gasteiger partial charge in [-0.05, 0) is 31.0 Å². The summed E-state index contributed by atoms with van der Waals surface area (Å²) in [4.78, 5) is 22.8. The number of esters is 1. The normalized spacial score (nSPS) is 10.0. The molecule has 23 heavy (non-hydrogen) atoms. The molecule has 1 aromatic rings. The van der Waals surface area contributed by atoms with E-state index in [0.29, 0.717) is 24.7 Å². The predicted molar refractivity (Wildman–Crippen MR) is 86.5 cm³/mol. The molecule has 0 radical (unpaired) electrons. The third kappa shape index (κ3) is 7.04. The first-order chi connectivity index (χ1) is 11.1. The summed E-state index contributed by atoms with van der Waals surface area (Å²) in [6.07, 6.45) is 1.77. The van der Waals surface area contributed by atoms with Gasteiger partial charge in [0.2, 0.25) is 5.91 Å². The SMILES string of the molecule is CCCCOc1ccc(CNC(=O)CC(=O)OCC)cc1OC. The molecule has 0 fully saturated rings. The average molecular weight is 323 g/mol. The summed E-state index contributed by atoms with van der Waals surface area (Å²) in [5.74, 6) is 0.411. The van der Waals surface area contributed by atoms with E-state index in [9.17, 15) is 9.59 Å². The van der Waals surface area contributed by atoms with Crippen molar-refractivity contribution in [2.24, 2.45) is 0 Å². The number of unbranched alkanes of at least 4 members (excludes halogenated alkanes) is 1. The fourth-order valence-electron chi connectivity index (χ4n) is 1.87. The molecule has 1 N–H and O–H groups in total. The second kappa shape index (κ2) is 10.5. The van der Waals surface area contributed by atoms with Crippen molar-refractivity contribution in [1.82, 2.24) is 5.32 Å². The number of hydrogen-bond acceptors (Lipinski definition) is 5. The van der Waals surface area contributed by atoms with E-state index in [4.69, 9.17) is 14.2 Å². The maximum Gasteiger partial charge on any atom is 0.315 e. The first-order valence-electron chi connectivity index (χ1n) is 7.82. The van der Waals surface area contributed by atoms with E-state index in [2.05, 4.69) is 12.2 Å². The molecule has 0 atom stereocenters. The molecule has 0 spiro atoms. The molecular formula is C17H25NO5. The van der Waals surface area contributed by atoms with E-state index in [-0.39, 0.29) is 18.9 Å². The Morgan fingerprint density at radius 2 is 1.96 bits per heavy atom. The largest absolute Gasteiger partial charge is 0.493 e. The minimum Gasteiger partial charge on any atom is -0.493 e. The minimum absolute atomic E-state index is 0.267. The molecule has 1 rings (SSSR count). The Morgan fingerprint density at radius 1 is 1.17 bits per heavy atom. The molecule has 0 bridgehead atoms. The van der Waals surface area contributed by atoms with Crippen molar-refractivity contribution < 1.29 is 23.8 Å². The molecule has 0 saturated carbocycles. The lowest BCUT2D eigenvalue weighted by molar-refractivity contribution is -0.146. The van der Waals surface area contributed by atoms with Gasteiger partial charge < -0.3 is 19.5 Å². The van der Waals surface area contributed by atoms with E-state index in [1.807, 2.05) is 18.2 Å². The first-order valence-corrected chi connectivity index (χ1v) is 7.82. The maximum absolute atomic E-state index is 11.6. The van der Waals surface area contributed by atoms with Crippen LogP contribution in [0.3, 0.4) is 0 Å². The average Bonchev–Trinajstić information content (AvgIpc) is 2.54. The van der Waals surface area contributed by atoms with Crippen molar-refractivity contribution in [3.8, 4) is 11.5 Å². The summed E-state index contributed by atoms with van der Waals surface area (Å²) in [7, 11) is 1.57. The van der Waals surface area contributed by atoms with Gasteiger partial charge in [0.05, 0.1) is 20.3 Å². The molecule has 0 aliphatic carbocycles. The molecule has 1 amide bonds. The Balaban J connectivity index is 2.54. The van der Waals surface area contributed by atoms with Gasteiger partial charge in [-0.25, -0.2) is 0 Å². The molecule has 128 valence electrons. The molecule has 6 nitrogen and oxygen atoms in total. The van der Waals surface area contributed by atoms with E-state index < -0.39 is 5.97 Å². The number of carbonyl (C=O) groups excluding carboxylic acids is 2. The highest BCUT2D eigenvalue weighted by Gasteiger charge is 2.11. The van der Waals surface area contributed by atoms with Crippen LogP contribution < -0.4 is 14.8 Å². The Kier molecular flexibility index (Phi) is 8.57. The number of methoxy groups -OCH3 is 1. The number of carbonyl (C=O) groups is 2. The van der Waals surface area contributed by atoms with Gasteiger partial charge in [-0.3, -0.25) is 9.59 Å². The fraction of sp³-hybridized carbons (Fsp3) is 0.529. The van der Waals surface area contributed by atoms with Crippen molar-refractivity contribution in [2.45, 2.75) is 39.7 Å². The summed E-state index contributed by atoms with van der Waals surface area (Å²) >= 11 is 0. The van der Waals surface area contributed by atoms with Crippen LogP contribution >= 0.6 is 0 Å². The van der Waals surface area contributed by atoms with Crippen LogP contribution in [-0.2, 0) is 20.9 Å². The van der Waals surface area contributed by atoms with Gasteiger partial charge in [0.1, 0.15) is 6.42 Å². The zero-order valence-electron chi connectivity index (χ0n) is 14.0. The van der Waals surface area contributed by atoms with Gasteiger partial charge >= 0.3 is 5.97 Å². The van der Waals surface area contributed by atoms with Crippen molar-refractivity contribution in [2.75, 3.05) is 20.3 Å². The van der Waals surface area contributed by atoms with Crippen LogP contribution in [0.2, 0.25) is 0 Å². The number of hydrogen-bond donors (Lipinski definition) is 1. The highest BCUT2D eigenvalue weighted by Crippen LogP contribution is 2.28. The maximum atomic E-state index is 11.6. The third-order valence-corrected chi connectivity index (χ3v) is 3.08. The zero-order valence-corrected chi connectivity index (χ0v) is 14.0. The minimum atomic E-state index is -0.526. The Bertz CT molecular complexity index is 516. The van der Waals surface area contributed by atoms with Gasteiger partial charge in [0.25, 0.3) is 0 Å². The van der Waals surface area contributed by atoms with Gasteiger partial charge in [-0.15, -0.1) is 0 Å². The molecule has 0 aliphatic heterocycles. The van der Waals surface area contributed by atoms with Crippen molar-refractivity contribution >= 4 is 11.9 Å². The highest BCUT2D eigenvalue weighted by molar-refractivity contribution is 5.94. The van der Waals surface area contributed by atoms with Gasteiger partial charge in [0.15, 0.2) is 11.5 Å². The van der Waals surface area contributed by atoms with E-state index in [0.717, 1.165) is 18.4 Å². The second-order valence-corrected chi connectivity index (χ2v) is 4.95. The predicted octanol–water partition coefficient (Wildman–Crippen LogP) is 2.44. The Labute approximate surface area is 137 Å². The van der Waals surface area contributed by atoms with Crippen LogP contribution in [0.15, 0.2) is 18.2 Å². The van der Waals surface area contributed by atoms with E-state index in [1.54, 1.807) is 14.0 Å². The standard InChI is InChI=1S/C17H25NO5/c1-4-6-9-23-14-8-7-13(10-15(14)21-3)12-18-16(19)11-17(20)22-5-2/h7-8,10H,4-6,9,11-12H2,1-3H3,(H,18,19). The molecule has 1 aromatic carbocycles.